The average Bonchev–Trinajstić information content (AvgIpc) is 3.32. The van der Waals surface area contributed by atoms with Gasteiger partial charge in [0.1, 0.15) is 5.69 Å². The van der Waals surface area contributed by atoms with E-state index in [0.29, 0.717) is 18.2 Å². The molecule has 2 aromatic rings. The van der Waals surface area contributed by atoms with E-state index in [4.69, 9.17) is 0 Å². The number of carbonyl (C=O) groups excluding carboxylic acids is 1. The quantitative estimate of drug-likeness (QED) is 0.885. The van der Waals surface area contributed by atoms with Crippen molar-refractivity contribution in [3.63, 3.8) is 0 Å². The van der Waals surface area contributed by atoms with Gasteiger partial charge in [0.25, 0.3) is 5.91 Å². The molecule has 0 radical (unpaired) electrons. The Morgan fingerprint density at radius 1 is 1.35 bits per heavy atom. The van der Waals surface area contributed by atoms with Crippen LogP contribution in [0.15, 0.2) is 30.3 Å². The van der Waals surface area contributed by atoms with Crippen LogP contribution in [0, 0.1) is 19.8 Å². The van der Waals surface area contributed by atoms with Gasteiger partial charge in [-0.3, -0.25) is 4.79 Å². The van der Waals surface area contributed by atoms with E-state index < -0.39 is 0 Å². The molecule has 122 valence electrons. The van der Waals surface area contributed by atoms with Crippen LogP contribution in [-0.4, -0.2) is 33.5 Å². The van der Waals surface area contributed by atoms with Crippen molar-refractivity contribution < 1.29 is 9.90 Å². The zero-order valence-corrected chi connectivity index (χ0v) is 14.3. The Kier molecular flexibility index (Phi) is 4.78. The highest BCUT2D eigenvalue weighted by atomic mass is 32.1. The summed E-state index contributed by atoms with van der Waals surface area (Å²) < 4.78 is 0. The number of aliphatic hydroxyl groups excluding tert-OH is 1. The molecular weight excluding hydrogens is 308 g/mol. The molecule has 1 amide bonds. The summed E-state index contributed by atoms with van der Waals surface area (Å²) >= 11 is 1.54. The van der Waals surface area contributed by atoms with Crippen LogP contribution in [0.4, 0.5) is 0 Å². The first-order valence-corrected chi connectivity index (χ1v) is 8.81. The second kappa shape index (κ2) is 6.81. The molecule has 4 nitrogen and oxygen atoms in total. The number of rotatable bonds is 6. The molecule has 1 aromatic heterocycles. The summed E-state index contributed by atoms with van der Waals surface area (Å²) in [6.45, 7) is 4.37. The van der Waals surface area contributed by atoms with E-state index in [1.165, 1.54) is 0 Å². The Morgan fingerprint density at radius 3 is 2.57 bits per heavy atom. The molecule has 1 fully saturated rings. The molecule has 3 rings (SSSR count). The first-order valence-electron chi connectivity index (χ1n) is 8.00. The minimum absolute atomic E-state index is 0.00536. The highest BCUT2D eigenvalue weighted by molar-refractivity contribution is 7.11. The van der Waals surface area contributed by atoms with E-state index >= 15 is 0 Å². The second-order valence-corrected chi connectivity index (χ2v) is 7.55. The van der Waals surface area contributed by atoms with Gasteiger partial charge >= 0.3 is 0 Å². The first kappa shape index (κ1) is 16.1. The highest BCUT2D eigenvalue weighted by Crippen LogP contribution is 2.36. The minimum atomic E-state index is -0.121. The van der Waals surface area contributed by atoms with E-state index in [-0.39, 0.29) is 18.6 Å². The molecule has 1 N–H and O–H groups in total. The lowest BCUT2D eigenvalue weighted by Crippen LogP contribution is -2.43. The highest BCUT2D eigenvalue weighted by Gasteiger charge is 2.38. The van der Waals surface area contributed by atoms with Crippen LogP contribution in [0.25, 0.3) is 0 Å². The third-order valence-electron chi connectivity index (χ3n) is 4.32. The largest absolute Gasteiger partial charge is 0.394 e. The fourth-order valence-corrected chi connectivity index (χ4v) is 3.78. The summed E-state index contributed by atoms with van der Waals surface area (Å²) in [5, 5.41) is 10.7. The van der Waals surface area contributed by atoms with Crippen molar-refractivity contribution in [1.29, 1.82) is 0 Å². The molecule has 1 aliphatic carbocycles. The van der Waals surface area contributed by atoms with E-state index in [1.54, 1.807) is 11.3 Å². The topological polar surface area (TPSA) is 53.4 Å². The number of nitrogens with zero attached hydrogens (tertiary/aromatic N) is 2. The van der Waals surface area contributed by atoms with Gasteiger partial charge in [-0.2, -0.15) is 0 Å². The average molecular weight is 330 g/mol. The Bertz CT molecular complexity index is 680. The summed E-state index contributed by atoms with van der Waals surface area (Å²) in [4.78, 5) is 20.2. The number of aliphatic hydroxyl groups is 1. The van der Waals surface area contributed by atoms with E-state index in [9.17, 15) is 9.90 Å². The fourth-order valence-electron chi connectivity index (χ4n) is 2.97. The molecule has 0 aliphatic heterocycles. The van der Waals surface area contributed by atoms with E-state index in [1.807, 2.05) is 49.1 Å². The van der Waals surface area contributed by atoms with Gasteiger partial charge < -0.3 is 10.0 Å². The number of thiazole rings is 1. The summed E-state index contributed by atoms with van der Waals surface area (Å²) in [7, 11) is 0. The van der Waals surface area contributed by atoms with Crippen molar-refractivity contribution in [1.82, 2.24) is 9.88 Å². The molecule has 1 aliphatic rings. The monoisotopic (exact) mass is 330 g/mol. The maximum absolute atomic E-state index is 13.1. The van der Waals surface area contributed by atoms with E-state index in [0.717, 1.165) is 28.3 Å². The lowest BCUT2D eigenvalue weighted by atomic mass is 10.1. The second-order valence-electron chi connectivity index (χ2n) is 6.14. The molecule has 0 saturated heterocycles. The van der Waals surface area contributed by atoms with Crippen molar-refractivity contribution in [2.75, 3.05) is 6.61 Å². The maximum Gasteiger partial charge on any atom is 0.274 e. The third-order valence-corrected chi connectivity index (χ3v) is 5.20. The van der Waals surface area contributed by atoms with Crippen LogP contribution in [0.3, 0.4) is 0 Å². The van der Waals surface area contributed by atoms with E-state index in [2.05, 4.69) is 4.98 Å². The number of benzene rings is 1. The molecule has 1 saturated carbocycles. The summed E-state index contributed by atoms with van der Waals surface area (Å²) in [5.41, 5.74) is 1.60. The van der Waals surface area contributed by atoms with Crippen molar-refractivity contribution in [3.8, 4) is 0 Å². The van der Waals surface area contributed by atoms with Crippen molar-refractivity contribution in [2.45, 2.75) is 39.3 Å². The normalized spacial score (nSPS) is 15.4. The Morgan fingerprint density at radius 2 is 2.04 bits per heavy atom. The SMILES string of the molecule is Cc1nc(C(=O)N(Cc2ccccc2)[C@H](CO)C2CC2)c(C)s1. The van der Waals surface area contributed by atoms with Crippen LogP contribution >= 0.6 is 11.3 Å². The first-order chi connectivity index (χ1) is 11.1. The lowest BCUT2D eigenvalue weighted by Gasteiger charge is -2.30. The molecule has 23 heavy (non-hydrogen) atoms. The predicted molar refractivity (Wildman–Crippen MR) is 91.5 cm³/mol. The number of hydrogen-bond acceptors (Lipinski definition) is 4. The van der Waals surface area contributed by atoms with Gasteiger partial charge in [-0.05, 0) is 38.2 Å². The van der Waals surface area contributed by atoms with Crippen LogP contribution in [0.1, 0.15) is 38.8 Å². The number of aromatic nitrogens is 1. The van der Waals surface area contributed by atoms with Gasteiger partial charge in [0, 0.05) is 11.4 Å². The number of amides is 1. The van der Waals surface area contributed by atoms with Crippen molar-refractivity contribution in [3.05, 3.63) is 51.5 Å². The third kappa shape index (κ3) is 3.62. The molecule has 0 spiro atoms. The number of hydrogen-bond donors (Lipinski definition) is 1. The lowest BCUT2D eigenvalue weighted by molar-refractivity contribution is 0.0525. The molecule has 1 aromatic carbocycles. The molecule has 1 atom stereocenters. The fraction of sp³-hybridized carbons (Fsp3) is 0.444. The Labute approximate surface area is 140 Å². The Balaban J connectivity index is 1.90. The van der Waals surface area contributed by atoms with Crippen LogP contribution in [0.5, 0.6) is 0 Å². The van der Waals surface area contributed by atoms with Gasteiger partial charge in [-0.25, -0.2) is 4.98 Å². The molecule has 0 unspecified atom stereocenters. The van der Waals surface area contributed by atoms with Gasteiger partial charge in [-0.15, -0.1) is 11.3 Å². The zero-order chi connectivity index (χ0) is 16.4. The van der Waals surface area contributed by atoms with Crippen LogP contribution in [-0.2, 0) is 6.54 Å². The smallest absolute Gasteiger partial charge is 0.274 e. The van der Waals surface area contributed by atoms with Gasteiger partial charge in [0.2, 0.25) is 0 Å². The summed E-state index contributed by atoms with van der Waals surface area (Å²) in [6.07, 6.45) is 2.16. The molecule has 0 bridgehead atoms. The number of aryl methyl sites for hydroxylation is 2. The zero-order valence-electron chi connectivity index (χ0n) is 13.5. The van der Waals surface area contributed by atoms with Gasteiger partial charge in [0.15, 0.2) is 0 Å². The maximum atomic E-state index is 13.1. The summed E-state index contributed by atoms with van der Waals surface area (Å²) in [6, 6.07) is 9.82. The van der Waals surface area contributed by atoms with Crippen molar-refractivity contribution >= 4 is 17.2 Å². The molecule has 5 heteroatoms. The summed E-state index contributed by atoms with van der Waals surface area (Å²) in [5.74, 6) is 0.342. The van der Waals surface area contributed by atoms with Crippen LogP contribution in [0.2, 0.25) is 0 Å². The van der Waals surface area contributed by atoms with Gasteiger partial charge in [0.05, 0.1) is 17.7 Å². The predicted octanol–water partition coefficient (Wildman–Crippen LogP) is 3.17. The molecular formula is C18H22N2O2S. The standard InChI is InChI=1S/C18H22N2O2S/c1-12-17(19-13(2)23-12)18(22)20(16(11-21)15-8-9-15)10-14-6-4-3-5-7-14/h3-7,15-16,21H,8-11H2,1-2H3/t16-/m1/s1. The van der Waals surface area contributed by atoms with Crippen molar-refractivity contribution in [2.24, 2.45) is 5.92 Å². The van der Waals surface area contributed by atoms with Crippen LogP contribution < -0.4 is 0 Å². The molecule has 1 heterocycles. The number of carbonyl (C=O) groups is 1. The Hall–Kier alpha value is -1.72. The van der Waals surface area contributed by atoms with Gasteiger partial charge in [-0.1, -0.05) is 30.3 Å². The minimum Gasteiger partial charge on any atom is -0.394 e.